The van der Waals surface area contributed by atoms with E-state index < -0.39 is 8.25 Å². The van der Waals surface area contributed by atoms with Gasteiger partial charge in [0.2, 0.25) is 5.91 Å². The average Bonchev–Trinajstić information content (AvgIpc) is 2.14. The average molecular weight is 207 g/mol. The molecule has 0 heterocycles. The van der Waals surface area contributed by atoms with Crippen LogP contribution in [0.5, 0.6) is 0 Å². The quantitative estimate of drug-likeness (QED) is 0.385. The molecule has 76 valence electrons. The number of amides is 1. The lowest BCUT2D eigenvalue weighted by Crippen LogP contribution is -2.22. The first-order valence-corrected chi connectivity index (χ1v) is 5.13. The molecule has 13 heavy (non-hydrogen) atoms. The Morgan fingerprint density at radius 1 is 1.62 bits per heavy atom. The van der Waals surface area contributed by atoms with E-state index in [4.69, 9.17) is 4.52 Å². The van der Waals surface area contributed by atoms with Crippen LogP contribution in [0.4, 0.5) is 0 Å². The Morgan fingerprint density at radius 3 is 2.85 bits per heavy atom. The number of hydrogen-bond donors (Lipinski definition) is 1. The van der Waals surface area contributed by atoms with Gasteiger partial charge in [0.05, 0.1) is 6.61 Å². The highest BCUT2D eigenvalue weighted by Gasteiger charge is 1.98. The van der Waals surface area contributed by atoms with Crippen molar-refractivity contribution in [2.24, 2.45) is 0 Å². The number of carbonyl (C=O) groups is 1. The Balaban J connectivity index is 3.36. The van der Waals surface area contributed by atoms with Gasteiger partial charge in [0.25, 0.3) is 0 Å². The molecule has 0 aliphatic rings. The Hall–Kier alpha value is -0.640. The van der Waals surface area contributed by atoms with Gasteiger partial charge in [-0.05, 0) is 12.5 Å². The SMILES string of the molecule is C=CC(=O)NCO[PH](=O)OCCC. The standard InChI is InChI=1S/C7H14NO4P/c1-3-5-11-13(10)12-6-8-7(9)4-2/h4,13H,2-3,5-6H2,1H3,(H,8,9). The fraction of sp³-hybridized carbons (Fsp3) is 0.571. The van der Waals surface area contributed by atoms with E-state index in [1.54, 1.807) is 0 Å². The zero-order chi connectivity index (χ0) is 10.1. The summed E-state index contributed by atoms with van der Waals surface area (Å²) < 4.78 is 20.2. The van der Waals surface area contributed by atoms with Gasteiger partial charge in [0, 0.05) is 0 Å². The van der Waals surface area contributed by atoms with Gasteiger partial charge in [-0.1, -0.05) is 13.5 Å². The van der Waals surface area contributed by atoms with Crippen molar-refractivity contribution in [1.82, 2.24) is 5.32 Å². The minimum atomic E-state index is -2.45. The van der Waals surface area contributed by atoms with Crippen LogP contribution in [-0.2, 0) is 18.4 Å². The Kier molecular flexibility index (Phi) is 7.59. The van der Waals surface area contributed by atoms with Crippen molar-refractivity contribution in [2.75, 3.05) is 13.3 Å². The molecule has 1 amide bonds. The summed E-state index contributed by atoms with van der Waals surface area (Å²) in [5.74, 6) is -0.370. The third-order valence-corrected chi connectivity index (χ3v) is 1.87. The zero-order valence-electron chi connectivity index (χ0n) is 7.54. The van der Waals surface area contributed by atoms with E-state index in [0.717, 1.165) is 12.5 Å². The molecule has 1 unspecified atom stereocenters. The number of rotatable bonds is 7. The van der Waals surface area contributed by atoms with Gasteiger partial charge in [-0.15, -0.1) is 0 Å². The summed E-state index contributed by atoms with van der Waals surface area (Å²) in [5.41, 5.74) is 0. The van der Waals surface area contributed by atoms with Crippen LogP contribution >= 0.6 is 8.25 Å². The van der Waals surface area contributed by atoms with Crippen LogP contribution in [-0.4, -0.2) is 19.2 Å². The number of carbonyl (C=O) groups excluding carboxylic acids is 1. The summed E-state index contributed by atoms with van der Waals surface area (Å²) in [7, 11) is -2.45. The highest BCUT2D eigenvalue weighted by Crippen LogP contribution is 2.22. The molecule has 0 saturated heterocycles. The summed E-state index contributed by atoms with van der Waals surface area (Å²) in [5, 5.41) is 2.31. The molecule has 0 aliphatic heterocycles. The summed E-state index contributed by atoms with van der Waals surface area (Å²) in [6.07, 6.45) is 1.88. The van der Waals surface area contributed by atoms with E-state index >= 15 is 0 Å². The first kappa shape index (κ1) is 12.4. The molecule has 0 fully saturated rings. The normalized spacial score (nSPS) is 12.1. The van der Waals surface area contributed by atoms with Gasteiger partial charge >= 0.3 is 8.25 Å². The van der Waals surface area contributed by atoms with Crippen LogP contribution in [0.3, 0.4) is 0 Å². The van der Waals surface area contributed by atoms with Crippen molar-refractivity contribution in [2.45, 2.75) is 13.3 Å². The van der Waals surface area contributed by atoms with Crippen LogP contribution in [0.15, 0.2) is 12.7 Å². The minimum absolute atomic E-state index is 0.119. The van der Waals surface area contributed by atoms with Crippen molar-refractivity contribution < 1.29 is 18.4 Å². The lowest BCUT2D eigenvalue weighted by Gasteiger charge is -2.04. The molecule has 0 aromatic heterocycles. The summed E-state index contributed by atoms with van der Waals surface area (Å²) in [4.78, 5) is 10.6. The number of nitrogens with one attached hydrogen (secondary N) is 1. The van der Waals surface area contributed by atoms with Crippen molar-refractivity contribution in [1.29, 1.82) is 0 Å². The van der Waals surface area contributed by atoms with E-state index in [1.165, 1.54) is 0 Å². The summed E-state index contributed by atoms with van der Waals surface area (Å²) in [6.45, 7) is 5.41. The van der Waals surface area contributed by atoms with Crippen LogP contribution in [0.25, 0.3) is 0 Å². The van der Waals surface area contributed by atoms with Gasteiger partial charge in [-0.25, -0.2) is 0 Å². The first-order valence-electron chi connectivity index (χ1n) is 3.90. The predicted octanol–water partition coefficient (Wildman–Crippen LogP) is 1.08. The van der Waals surface area contributed by atoms with E-state index in [2.05, 4.69) is 16.4 Å². The lowest BCUT2D eigenvalue weighted by atomic mass is 10.5. The first-order chi connectivity index (χ1) is 6.20. The molecule has 1 atom stereocenters. The van der Waals surface area contributed by atoms with Crippen molar-refractivity contribution >= 4 is 14.2 Å². The maximum absolute atomic E-state index is 10.8. The molecule has 5 nitrogen and oxygen atoms in total. The molecule has 0 spiro atoms. The van der Waals surface area contributed by atoms with Crippen LogP contribution in [0.1, 0.15) is 13.3 Å². The van der Waals surface area contributed by atoms with Crippen molar-refractivity contribution in [3.63, 3.8) is 0 Å². The molecule has 0 bridgehead atoms. The molecule has 0 saturated carbocycles. The maximum atomic E-state index is 10.8. The third-order valence-electron chi connectivity index (χ3n) is 1.05. The fourth-order valence-corrected chi connectivity index (χ4v) is 1.11. The van der Waals surface area contributed by atoms with Crippen LogP contribution < -0.4 is 5.32 Å². The highest BCUT2D eigenvalue weighted by molar-refractivity contribution is 7.33. The Morgan fingerprint density at radius 2 is 2.31 bits per heavy atom. The smallest absolute Gasteiger partial charge is 0.320 e. The topological polar surface area (TPSA) is 64.6 Å². The predicted molar refractivity (Wildman–Crippen MR) is 49.5 cm³/mol. The summed E-state index contributed by atoms with van der Waals surface area (Å²) in [6, 6.07) is 0. The molecular formula is C7H14NO4P. The van der Waals surface area contributed by atoms with E-state index in [0.29, 0.717) is 6.61 Å². The largest absolute Gasteiger partial charge is 0.329 e. The van der Waals surface area contributed by atoms with Crippen molar-refractivity contribution in [3.8, 4) is 0 Å². The Labute approximate surface area is 78.1 Å². The van der Waals surface area contributed by atoms with E-state index in [1.807, 2.05) is 6.92 Å². The monoisotopic (exact) mass is 207 g/mol. The maximum Gasteiger partial charge on any atom is 0.320 e. The highest BCUT2D eigenvalue weighted by atomic mass is 31.1. The molecule has 0 radical (unpaired) electrons. The number of hydrogen-bond acceptors (Lipinski definition) is 4. The van der Waals surface area contributed by atoms with Gasteiger partial charge in [0.1, 0.15) is 6.73 Å². The molecule has 0 aromatic rings. The summed E-state index contributed by atoms with van der Waals surface area (Å²) >= 11 is 0. The molecule has 6 heteroatoms. The lowest BCUT2D eigenvalue weighted by molar-refractivity contribution is -0.117. The molecule has 0 rings (SSSR count). The second-order valence-electron chi connectivity index (χ2n) is 2.13. The molecule has 1 N–H and O–H groups in total. The van der Waals surface area contributed by atoms with E-state index in [9.17, 15) is 9.36 Å². The van der Waals surface area contributed by atoms with Crippen LogP contribution in [0, 0.1) is 0 Å². The second kappa shape index (κ2) is 7.98. The molecule has 0 aliphatic carbocycles. The van der Waals surface area contributed by atoms with Gasteiger partial charge in [-0.2, -0.15) is 0 Å². The Bertz CT molecular complexity index is 195. The van der Waals surface area contributed by atoms with Gasteiger partial charge in [0.15, 0.2) is 0 Å². The second-order valence-corrected chi connectivity index (χ2v) is 3.21. The van der Waals surface area contributed by atoms with E-state index in [-0.39, 0.29) is 12.6 Å². The molecule has 0 aromatic carbocycles. The third kappa shape index (κ3) is 7.71. The van der Waals surface area contributed by atoms with Gasteiger partial charge in [-0.3, -0.25) is 13.9 Å². The molecular weight excluding hydrogens is 193 g/mol. The minimum Gasteiger partial charge on any atom is -0.329 e. The van der Waals surface area contributed by atoms with Gasteiger partial charge < -0.3 is 9.84 Å². The fourth-order valence-electron chi connectivity index (χ4n) is 0.465. The van der Waals surface area contributed by atoms with Crippen LogP contribution in [0.2, 0.25) is 0 Å². The van der Waals surface area contributed by atoms with Crippen molar-refractivity contribution in [3.05, 3.63) is 12.7 Å². The zero-order valence-corrected chi connectivity index (χ0v) is 8.54.